The van der Waals surface area contributed by atoms with Crippen molar-refractivity contribution in [1.82, 2.24) is 10.3 Å². The van der Waals surface area contributed by atoms with Gasteiger partial charge >= 0.3 is 0 Å². The second-order valence-corrected chi connectivity index (χ2v) is 4.90. The smallest absolute Gasteiger partial charge is 0.142 e. The van der Waals surface area contributed by atoms with Crippen molar-refractivity contribution in [2.75, 3.05) is 20.2 Å². The number of ether oxygens (including phenoxy) is 1. The Bertz CT molecular complexity index is 444. The van der Waals surface area contributed by atoms with Crippen LogP contribution in [0.4, 0.5) is 0 Å². The average Bonchev–Trinajstić information content (AvgIpc) is 2.39. The van der Waals surface area contributed by atoms with Crippen molar-refractivity contribution in [3.8, 4) is 5.75 Å². The Hall–Kier alpha value is -1.42. The number of hydrogen-bond donors (Lipinski definition) is 1. The van der Waals surface area contributed by atoms with Gasteiger partial charge in [-0.05, 0) is 20.4 Å². The Kier molecular flexibility index (Phi) is 5.96. The predicted octanol–water partition coefficient (Wildman–Crippen LogP) is 2.06. The Balaban J connectivity index is 2.80. The van der Waals surface area contributed by atoms with E-state index in [2.05, 4.69) is 10.3 Å². The van der Waals surface area contributed by atoms with E-state index < -0.39 is 0 Å². The van der Waals surface area contributed by atoms with Gasteiger partial charge < -0.3 is 10.1 Å². The van der Waals surface area contributed by atoms with Crippen LogP contribution in [0.2, 0.25) is 0 Å². The zero-order valence-electron chi connectivity index (χ0n) is 12.5. The summed E-state index contributed by atoms with van der Waals surface area (Å²) in [4.78, 5) is 16.5. The van der Waals surface area contributed by atoms with E-state index in [9.17, 15) is 4.79 Å². The lowest BCUT2D eigenvalue weighted by molar-refractivity contribution is -0.121. The molecule has 1 heterocycles. The fourth-order valence-corrected chi connectivity index (χ4v) is 2.06. The maximum atomic E-state index is 12.1. The van der Waals surface area contributed by atoms with Gasteiger partial charge in [0.2, 0.25) is 0 Å². The molecule has 1 atom stereocenters. The summed E-state index contributed by atoms with van der Waals surface area (Å²) >= 11 is 0. The van der Waals surface area contributed by atoms with Crippen LogP contribution in [-0.2, 0) is 11.2 Å². The van der Waals surface area contributed by atoms with Crippen molar-refractivity contribution < 1.29 is 9.53 Å². The van der Waals surface area contributed by atoms with Crippen LogP contribution >= 0.6 is 0 Å². The number of methoxy groups -OCH3 is 1. The first-order valence-electron chi connectivity index (χ1n) is 6.73. The molecule has 0 bridgehead atoms. The molecular weight excluding hydrogens is 240 g/mol. The highest BCUT2D eigenvalue weighted by molar-refractivity contribution is 5.83. The predicted molar refractivity (Wildman–Crippen MR) is 76.7 cm³/mol. The van der Waals surface area contributed by atoms with Crippen LogP contribution in [0.5, 0.6) is 5.75 Å². The highest BCUT2D eigenvalue weighted by Crippen LogP contribution is 2.24. The minimum Gasteiger partial charge on any atom is -0.496 e. The Labute approximate surface area is 115 Å². The van der Waals surface area contributed by atoms with Gasteiger partial charge in [0.05, 0.1) is 12.8 Å². The van der Waals surface area contributed by atoms with Crippen LogP contribution in [-0.4, -0.2) is 31.0 Å². The molecule has 4 nitrogen and oxygen atoms in total. The minimum atomic E-state index is 0.00782. The quantitative estimate of drug-likeness (QED) is 0.819. The molecule has 0 aromatic carbocycles. The number of pyridine rings is 1. The van der Waals surface area contributed by atoms with Crippen LogP contribution in [0.3, 0.4) is 0 Å². The molecule has 1 rings (SSSR count). The summed E-state index contributed by atoms with van der Waals surface area (Å²) in [6, 6.07) is 0. The van der Waals surface area contributed by atoms with Gasteiger partial charge in [0.25, 0.3) is 0 Å². The van der Waals surface area contributed by atoms with Crippen molar-refractivity contribution in [3.63, 3.8) is 0 Å². The number of hydrogen-bond acceptors (Lipinski definition) is 4. The number of ketones is 1. The third-order valence-electron chi connectivity index (χ3n) is 3.34. The maximum absolute atomic E-state index is 12.1. The molecule has 4 heteroatoms. The van der Waals surface area contributed by atoms with Crippen molar-refractivity contribution >= 4 is 5.78 Å². The Morgan fingerprint density at radius 2 is 2.16 bits per heavy atom. The molecule has 0 aliphatic rings. The van der Waals surface area contributed by atoms with Gasteiger partial charge in [0, 0.05) is 36.2 Å². The number of carbonyl (C=O) groups is 1. The molecule has 0 aliphatic carbocycles. The lowest BCUT2D eigenvalue weighted by Gasteiger charge is -2.14. The number of carbonyl (C=O) groups excluding carboxylic acids is 1. The molecule has 1 unspecified atom stereocenters. The molecule has 0 radical (unpaired) electrons. The first-order chi connectivity index (χ1) is 9.01. The normalized spacial score (nSPS) is 12.3. The topological polar surface area (TPSA) is 51.2 Å². The fraction of sp³-hybridized carbons (Fsp3) is 0.600. The van der Waals surface area contributed by atoms with Gasteiger partial charge in [0.15, 0.2) is 0 Å². The molecule has 0 aliphatic heterocycles. The number of rotatable bonds is 7. The van der Waals surface area contributed by atoms with Crippen molar-refractivity contribution in [3.05, 3.63) is 23.0 Å². The summed E-state index contributed by atoms with van der Waals surface area (Å²) in [6.07, 6.45) is 2.14. The fourth-order valence-electron chi connectivity index (χ4n) is 2.06. The van der Waals surface area contributed by atoms with E-state index in [4.69, 9.17) is 4.74 Å². The van der Waals surface area contributed by atoms with Crippen LogP contribution < -0.4 is 10.1 Å². The first kappa shape index (κ1) is 15.6. The van der Waals surface area contributed by atoms with Crippen molar-refractivity contribution in [1.29, 1.82) is 0 Å². The molecule has 0 saturated carbocycles. The summed E-state index contributed by atoms with van der Waals surface area (Å²) in [5, 5.41) is 3.20. The molecular formula is C15H24N2O2. The lowest BCUT2D eigenvalue weighted by Crippen LogP contribution is -2.27. The molecule has 1 aromatic heterocycles. The van der Waals surface area contributed by atoms with Gasteiger partial charge in [-0.3, -0.25) is 9.78 Å². The van der Waals surface area contributed by atoms with E-state index >= 15 is 0 Å². The molecule has 19 heavy (non-hydrogen) atoms. The van der Waals surface area contributed by atoms with E-state index in [1.807, 2.05) is 27.7 Å². The van der Waals surface area contributed by atoms with Gasteiger partial charge in [-0.1, -0.05) is 13.8 Å². The third-order valence-corrected chi connectivity index (χ3v) is 3.34. The van der Waals surface area contributed by atoms with E-state index in [0.29, 0.717) is 6.42 Å². The van der Waals surface area contributed by atoms with E-state index in [-0.39, 0.29) is 11.7 Å². The van der Waals surface area contributed by atoms with Crippen molar-refractivity contribution in [2.24, 2.45) is 5.92 Å². The van der Waals surface area contributed by atoms with E-state index in [1.54, 1.807) is 13.3 Å². The molecule has 106 valence electrons. The first-order valence-corrected chi connectivity index (χ1v) is 6.73. The van der Waals surface area contributed by atoms with Crippen molar-refractivity contribution in [2.45, 2.75) is 34.1 Å². The third kappa shape index (κ3) is 4.03. The molecule has 0 fully saturated rings. The van der Waals surface area contributed by atoms with Gasteiger partial charge in [-0.25, -0.2) is 0 Å². The SMILES string of the molecule is CCNCC(C)C(=O)Cc1ncc(C)c(OC)c1C. The summed E-state index contributed by atoms with van der Waals surface area (Å²) in [7, 11) is 1.65. The zero-order chi connectivity index (χ0) is 14.4. The number of nitrogens with zero attached hydrogens (tertiary/aromatic N) is 1. The second-order valence-electron chi connectivity index (χ2n) is 4.90. The summed E-state index contributed by atoms with van der Waals surface area (Å²) < 4.78 is 5.36. The van der Waals surface area contributed by atoms with Gasteiger partial charge in [-0.15, -0.1) is 0 Å². The molecule has 0 saturated heterocycles. The molecule has 1 N–H and O–H groups in total. The lowest BCUT2D eigenvalue weighted by atomic mass is 9.99. The van der Waals surface area contributed by atoms with E-state index in [0.717, 1.165) is 35.7 Å². The number of Topliss-reactive ketones (excluding diaryl/α,β-unsaturated/α-hetero) is 1. The van der Waals surface area contributed by atoms with Crippen LogP contribution in [0.1, 0.15) is 30.7 Å². The second kappa shape index (κ2) is 7.24. The van der Waals surface area contributed by atoms with Crippen LogP contribution in [0.25, 0.3) is 0 Å². The monoisotopic (exact) mass is 264 g/mol. The molecule has 0 amide bonds. The Morgan fingerprint density at radius 3 is 2.74 bits per heavy atom. The summed E-state index contributed by atoms with van der Waals surface area (Å²) in [5.74, 6) is 1.05. The molecule has 0 spiro atoms. The van der Waals surface area contributed by atoms with E-state index in [1.165, 1.54) is 0 Å². The van der Waals surface area contributed by atoms with Gasteiger partial charge in [0.1, 0.15) is 11.5 Å². The number of aromatic nitrogens is 1. The minimum absolute atomic E-state index is 0.00782. The highest BCUT2D eigenvalue weighted by Gasteiger charge is 2.17. The Morgan fingerprint density at radius 1 is 1.47 bits per heavy atom. The van der Waals surface area contributed by atoms with Gasteiger partial charge in [-0.2, -0.15) is 0 Å². The highest BCUT2D eigenvalue weighted by atomic mass is 16.5. The number of nitrogens with one attached hydrogen (secondary N) is 1. The zero-order valence-corrected chi connectivity index (χ0v) is 12.5. The largest absolute Gasteiger partial charge is 0.496 e. The maximum Gasteiger partial charge on any atom is 0.142 e. The standard InChI is InChI=1S/C15H24N2O2/c1-6-16-8-10(2)14(18)7-13-12(4)15(19-5)11(3)9-17-13/h9-10,16H,6-8H2,1-5H3. The number of aryl methyl sites for hydroxylation is 1. The summed E-state index contributed by atoms with van der Waals surface area (Å²) in [6.45, 7) is 9.50. The van der Waals surface area contributed by atoms with Crippen LogP contribution in [0.15, 0.2) is 6.20 Å². The molecule has 1 aromatic rings. The average molecular weight is 264 g/mol. The summed E-state index contributed by atoms with van der Waals surface area (Å²) in [5.41, 5.74) is 2.78. The van der Waals surface area contributed by atoms with Crippen LogP contribution in [0, 0.1) is 19.8 Å².